The smallest absolute Gasteiger partial charge is 0.435 e. The van der Waals surface area contributed by atoms with E-state index in [1.54, 1.807) is 32.0 Å². The van der Waals surface area contributed by atoms with Crippen molar-refractivity contribution >= 4 is 11.6 Å². The number of aryl methyl sites for hydroxylation is 2. The third kappa shape index (κ3) is 7.03. The van der Waals surface area contributed by atoms with Gasteiger partial charge in [0.25, 0.3) is 0 Å². The Balaban J connectivity index is 0.00000141. The first-order chi connectivity index (χ1) is 20.9. The first kappa shape index (κ1) is 32.1. The number of nitrogens with zero attached hydrogens (tertiary/aromatic N) is 4. The summed E-state index contributed by atoms with van der Waals surface area (Å²) in [5.41, 5.74) is 1.47. The molecule has 2 aromatic carbocycles. The van der Waals surface area contributed by atoms with Crippen LogP contribution in [-0.4, -0.2) is 39.9 Å². The largest absolute Gasteiger partial charge is 0.440 e. The molecule has 44 heavy (non-hydrogen) atoms. The molecule has 0 atom stereocenters. The molecule has 0 saturated heterocycles. The van der Waals surface area contributed by atoms with Crippen LogP contribution in [0.4, 0.5) is 26.3 Å². The first-order valence-electron chi connectivity index (χ1n) is 12.3. The van der Waals surface area contributed by atoms with Gasteiger partial charge in [0.15, 0.2) is 17.3 Å². The molecule has 0 fully saturated rings. The number of hydrogen-bond acceptors (Lipinski definition) is 8. The average molecular weight is 639 g/mol. The van der Waals surface area contributed by atoms with Crippen molar-refractivity contribution in [3.05, 3.63) is 89.5 Å². The second-order valence-corrected chi connectivity index (χ2v) is 9.17. The summed E-state index contributed by atoms with van der Waals surface area (Å²) in [6.07, 6.45) is -2.30. The minimum Gasteiger partial charge on any atom is -0.440 e. The van der Waals surface area contributed by atoms with Crippen molar-refractivity contribution in [2.24, 2.45) is 0 Å². The zero-order chi connectivity index (χ0) is 32.2. The second-order valence-electron chi connectivity index (χ2n) is 9.03. The van der Waals surface area contributed by atoms with E-state index >= 15 is 0 Å². The molecule has 0 unspecified atom stereocenters. The lowest BCUT2D eigenvalue weighted by atomic mass is 9.96. The van der Waals surface area contributed by atoms with E-state index < -0.39 is 42.5 Å². The molecule has 0 aliphatic carbocycles. The van der Waals surface area contributed by atoms with Crippen LogP contribution in [0.25, 0.3) is 39.4 Å². The highest BCUT2D eigenvalue weighted by Crippen LogP contribution is 2.39. The summed E-state index contributed by atoms with van der Waals surface area (Å²) < 4.78 is 108. The molecule has 3 aromatic heterocycles. The quantitative estimate of drug-likeness (QED) is 0.202. The zero-order valence-electron chi connectivity index (χ0n) is 22.6. The molecule has 3 heterocycles. The summed E-state index contributed by atoms with van der Waals surface area (Å²) in [6.45, 7) is -0.361. The molecule has 230 valence electrons. The summed E-state index contributed by atoms with van der Waals surface area (Å²) >= 11 is -0.750. The summed E-state index contributed by atoms with van der Waals surface area (Å²) in [6, 6.07) is 11.0. The van der Waals surface area contributed by atoms with Crippen LogP contribution in [0.1, 0.15) is 22.7 Å². The average Bonchev–Trinajstić information content (AvgIpc) is 3.61. The van der Waals surface area contributed by atoms with E-state index in [0.29, 0.717) is 22.3 Å². The van der Waals surface area contributed by atoms with E-state index in [1.165, 1.54) is 30.5 Å². The van der Waals surface area contributed by atoms with Gasteiger partial charge in [0.1, 0.15) is 11.5 Å². The first-order valence-corrected chi connectivity index (χ1v) is 13.0. The summed E-state index contributed by atoms with van der Waals surface area (Å²) in [4.78, 5) is 8.25. The molecule has 5 rings (SSSR count). The lowest BCUT2D eigenvalue weighted by molar-refractivity contribution is -0.141. The Labute approximate surface area is 248 Å². The lowest BCUT2D eigenvalue weighted by Crippen LogP contribution is -2.07. The zero-order valence-corrected chi connectivity index (χ0v) is 23.4. The van der Waals surface area contributed by atoms with Crippen LogP contribution in [-0.2, 0) is 24.4 Å². The standard InChI is InChI=1S/C28H20F6N4O3.O2S/c1-14-9-18(11-21(29)20(14)13-39)16-3-5-22(38-8-7-23(37-38)28(32,33)34)19(10-16)26-25(36-15(2)40-26)17-4-6-24(35-12-17)41-27(30)31;1-3-2/h3-12,27,39H,13H2,1-2H3;. The van der Waals surface area contributed by atoms with Gasteiger partial charge in [-0.05, 0) is 53.9 Å². The number of halogens is 6. The fourth-order valence-corrected chi connectivity index (χ4v) is 4.33. The van der Waals surface area contributed by atoms with E-state index in [2.05, 4.69) is 19.8 Å². The van der Waals surface area contributed by atoms with Gasteiger partial charge in [-0.2, -0.15) is 35.5 Å². The molecule has 5 aromatic rings. The molecule has 0 saturated carbocycles. The molecular formula is C28H20F6N4O5S. The Hall–Kier alpha value is -4.83. The van der Waals surface area contributed by atoms with Gasteiger partial charge in [0.05, 0.1) is 12.3 Å². The normalized spacial score (nSPS) is 11.3. The Morgan fingerprint density at radius 3 is 2.30 bits per heavy atom. The number of hydrogen-bond donors (Lipinski definition) is 1. The third-order valence-corrected chi connectivity index (χ3v) is 6.23. The highest BCUT2D eigenvalue weighted by molar-refractivity contribution is 7.51. The predicted molar refractivity (Wildman–Crippen MR) is 144 cm³/mol. The number of ether oxygens (including phenoxy) is 1. The number of aliphatic hydroxyl groups is 1. The van der Waals surface area contributed by atoms with Gasteiger partial charge in [0.2, 0.25) is 5.88 Å². The molecule has 9 nitrogen and oxygen atoms in total. The maximum absolute atomic E-state index is 14.7. The summed E-state index contributed by atoms with van der Waals surface area (Å²) in [7, 11) is 0. The molecular weight excluding hydrogens is 618 g/mol. The van der Waals surface area contributed by atoms with Crippen molar-refractivity contribution in [3.63, 3.8) is 0 Å². The number of aliphatic hydroxyl groups excluding tert-OH is 1. The van der Waals surface area contributed by atoms with Crippen molar-refractivity contribution in [1.82, 2.24) is 19.7 Å². The second kappa shape index (κ2) is 13.2. The minimum atomic E-state index is -4.68. The van der Waals surface area contributed by atoms with Gasteiger partial charge < -0.3 is 14.3 Å². The maximum atomic E-state index is 14.7. The lowest BCUT2D eigenvalue weighted by Gasteiger charge is -2.14. The van der Waals surface area contributed by atoms with Crippen molar-refractivity contribution in [3.8, 4) is 45.3 Å². The van der Waals surface area contributed by atoms with Gasteiger partial charge in [-0.1, -0.05) is 12.1 Å². The molecule has 0 bridgehead atoms. The fourth-order valence-electron chi connectivity index (χ4n) is 4.33. The molecule has 16 heteroatoms. The molecule has 0 amide bonds. The van der Waals surface area contributed by atoms with Crippen molar-refractivity contribution < 1.29 is 49.0 Å². The highest BCUT2D eigenvalue weighted by Gasteiger charge is 2.34. The van der Waals surface area contributed by atoms with Crippen molar-refractivity contribution in [1.29, 1.82) is 0 Å². The summed E-state index contributed by atoms with van der Waals surface area (Å²) in [5.74, 6) is -0.627. The van der Waals surface area contributed by atoms with E-state index in [0.717, 1.165) is 16.9 Å². The Morgan fingerprint density at radius 2 is 1.73 bits per heavy atom. The predicted octanol–water partition coefficient (Wildman–Crippen LogP) is 6.45. The Kier molecular flexibility index (Phi) is 9.64. The Morgan fingerprint density at radius 1 is 1.02 bits per heavy atom. The highest BCUT2D eigenvalue weighted by atomic mass is 32.1. The van der Waals surface area contributed by atoms with E-state index in [9.17, 15) is 31.4 Å². The van der Waals surface area contributed by atoms with Crippen LogP contribution in [0, 0.1) is 19.7 Å². The van der Waals surface area contributed by atoms with Crippen LogP contribution < -0.4 is 4.74 Å². The summed E-state index contributed by atoms with van der Waals surface area (Å²) in [5, 5.41) is 13.2. The van der Waals surface area contributed by atoms with Crippen molar-refractivity contribution in [2.75, 3.05) is 0 Å². The topological polar surface area (TPSA) is 120 Å². The number of pyridine rings is 1. The number of rotatable bonds is 7. The van der Waals surface area contributed by atoms with Crippen molar-refractivity contribution in [2.45, 2.75) is 33.2 Å². The number of oxazole rings is 1. The SMILES string of the molecule is Cc1nc(-c2ccc(OC(F)F)nc2)c(-c2cc(-c3cc(C)c(CO)c(F)c3)ccc2-n2ccc(C(F)(F)F)n2)o1.O=S=O. The third-order valence-electron chi connectivity index (χ3n) is 6.23. The molecule has 0 spiro atoms. The number of aromatic nitrogens is 4. The van der Waals surface area contributed by atoms with Crippen LogP contribution in [0.2, 0.25) is 0 Å². The van der Waals surface area contributed by atoms with E-state index in [4.69, 9.17) is 12.8 Å². The van der Waals surface area contributed by atoms with Gasteiger partial charge >= 0.3 is 24.4 Å². The van der Waals surface area contributed by atoms with Crippen LogP contribution in [0.3, 0.4) is 0 Å². The Bertz CT molecular complexity index is 1790. The molecule has 1 N–H and O–H groups in total. The van der Waals surface area contributed by atoms with Gasteiger partial charge in [-0.25, -0.2) is 19.0 Å². The van der Waals surface area contributed by atoms with Crippen LogP contribution in [0.15, 0.2) is 65.3 Å². The monoisotopic (exact) mass is 638 g/mol. The maximum Gasteiger partial charge on any atom is 0.435 e. The van der Waals surface area contributed by atoms with Crippen LogP contribution in [0.5, 0.6) is 5.88 Å². The molecule has 0 aliphatic rings. The minimum absolute atomic E-state index is 0.122. The van der Waals surface area contributed by atoms with Gasteiger partial charge in [-0.15, -0.1) is 0 Å². The fraction of sp³-hybridized carbons (Fsp3) is 0.179. The number of benzene rings is 2. The van der Waals surface area contributed by atoms with E-state index in [-0.39, 0.29) is 40.0 Å². The van der Waals surface area contributed by atoms with Gasteiger partial charge in [-0.3, -0.25) is 0 Å². The van der Waals surface area contributed by atoms with Crippen LogP contribution >= 0.6 is 0 Å². The van der Waals surface area contributed by atoms with E-state index in [1.807, 2.05) is 0 Å². The molecule has 0 aliphatic heterocycles. The van der Waals surface area contributed by atoms with Gasteiger partial charge in [0, 0.05) is 42.1 Å². The number of alkyl halides is 5. The molecule has 0 radical (unpaired) electrons.